The second-order valence-corrected chi connectivity index (χ2v) is 6.79. The van der Waals surface area contributed by atoms with Gasteiger partial charge in [-0.3, -0.25) is 9.59 Å². The van der Waals surface area contributed by atoms with Gasteiger partial charge in [0.2, 0.25) is 5.91 Å². The number of nitrogens with zero attached hydrogens (tertiary/aromatic N) is 1. The number of hydrogen-bond donors (Lipinski definition) is 1. The summed E-state index contributed by atoms with van der Waals surface area (Å²) >= 11 is 0. The number of carbonyl (C=O) groups excluding carboxylic acids is 2. The molecule has 0 heterocycles. The molecule has 0 bridgehead atoms. The van der Waals surface area contributed by atoms with Crippen LogP contribution in [-0.2, 0) is 16.1 Å². The molecule has 0 saturated heterocycles. The number of ether oxygens (including phenoxy) is 1. The molecule has 27 heavy (non-hydrogen) atoms. The standard InChI is InChI=1S/C22H28N2O3/c1-15-11-16(2)17(3)20(12-15)27-14-21(25)24(18(4)22(26)23-5)13-19-9-7-6-8-10-19/h6-12,18H,13-14H2,1-5H3,(H,23,26)/t18-/m0/s1. The van der Waals surface area contributed by atoms with Crippen LogP contribution in [0.1, 0.15) is 29.2 Å². The predicted molar refractivity (Wildman–Crippen MR) is 107 cm³/mol. The first-order valence-electron chi connectivity index (χ1n) is 9.09. The van der Waals surface area contributed by atoms with E-state index in [4.69, 9.17) is 4.74 Å². The van der Waals surface area contributed by atoms with E-state index in [2.05, 4.69) is 11.4 Å². The number of nitrogens with one attached hydrogen (secondary N) is 1. The summed E-state index contributed by atoms with van der Waals surface area (Å²) in [5.74, 6) is 0.267. The first kappa shape index (κ1) is 20.5. The van der Waals surface area contributed by atoms with Crippen molar-refractivity contribution in [3.8, 4) is 5.75 Å². The molecule has 0 fully saturated rings. The molecule has 2 aromatic carbocycles. The van der Waals surface area contributed by atoms with Crippen LogP contribution in [0.3, 0.4) is 0 Å². The summed E-state index contributed by atoms with van der Waals surface area (Å²) in [6.45, 7) is 7.95. The predicted octanol–water partition coefficient (Wildman–Crippen LogP) is 3.15. The molecular formula is C22H28N2O3. The average Bonchev–Trinajstić information content (AvgIpc) is 2.67. The lowest BCUT2D eigenvalue weighted by Gasteiger charge is -2.28. The molecule has 5 heteroatoms. The highest BCUT2D eigenvalue weighted by Gasteiger charge is 2.26. The van der Waals surface area contributed by atoms with Gasteiger partial charge in [-0.1, -0.05) is 36.4 Å². The third kappa shape index (κ3) is 5.33. The van der Waals surface area contributed by atoms with Gasteiger partial charge in [0.15, 0.2) is 6.61 Å². The zero-order valence-electron chi connectivity index (χ0n) is 16.7. The van der Waals surface area contributed by atoms with Crippen LogP contribution in [0, 0.1) is 20.8 Å². The van der Waals surface area contributed by atoms with Crippen molar-refractivity contribution in [2.24, 2.45) is 0 Å². The van der Waals surface area contributed by atoms with Gasteiger partial charge in [0.1, 0.15) is 11.8 Å². The Bertz CT molecular complexity index is 803. The second-order valence-electron chi connectivity index (χ2n) is 6.79. The molecule has 144 valence electrons. The molecule has 1 atom stereocenters. The Morgan fingerprint density at radius 3 is 2.41 bits per heavy atom. The maximum absolute atomic E-state index is 12.9. The zero-order valence-corrected chi connectivity index (χ0v) is 16.7. The molecule has 0 saturated carbocycles. The minimum Gasteiger partial charge on any atom is -0.483 e. The topological polar surface area (TPSA) is 58.6 Å². The lowest BCUT2D eigenvalue weighted by atomic mass is 10.1. The molecule has 0 aliphatic rings. The summed E-state index contributed by atoms with van der Waals surface area (Å²) in [6.07, 6.45) is 0. The Labute approximate surface area is 161 Å². The third-order valence-corrected chi connectivity index (χ3v) is 4.72. The van der Waals surface area contributed by atoms with Crippen LogP contribution < -0.4 is 10.1 Å². The van der Waals surface area contributed by atoms with E-state index in [9.17, 15) is 9.59 Å². The number of likely N-dealkylation sites (N-methyl/N-ethyl adjacent to an activating group) is 1. The highest BCUT2D eigenvalue weighted by atomic mass is 16.5. The quantitative estimate of drug-likeness (QED) is 0.817. The van der Waals surface area contributed by atoms with Crippen molar-refractivity contribution in [1.29, 1.82) is 0 Å². The van der Waals surface area contributed by atoms with Crippen LogP contribution in [0.15, 0.2) is 42.5 Å². The summed E-state index contributed by atoms with van der Waals surface area (Å²) in [7, 11) is 1.57. The summed E-state index contributed by atoms with van der Waals surface area (Å²) in [4.78, 5) is 26.6. The van der Waals surface area contributed by atoms with Gasteiger partial charge in [0, 0.05) is 13.6 Å². The number of aryl methyl sites for hydroxylation is 2. The van der Waals surface area contributed by atoms with E-state index < -0.39 is 6.04 Å². The number of carbonyl (C=O) groups is 2. The molecule has 0 aliphatic heterocycles. The molecule has 2 amide bonds. The van der Waals surface area contributed by atoms with Gasteiger partial charge in [-0.2, -0.15) is 0 Å². The van der Waals surface area contributed by atoms with Gasteiger partial charge in [0.25, 0.3) is 5.91 Å². The Kier molecular flexibility index (Phi) is 6.99. The fourth-order valence-corrected chi connectivity index (χ4v) is 2.94. The van der Waals surface area contributed by atoms with E-state index in [-0.39, 0.29) is 18.4 Å². The van der Waals surface area contributed by atoms with Crippen LogP contribution in [0.4, 0.5) is 0 Å². The van der Waals surface area contributed by atoms with Crippen LogP contribution in [0.2, 0.25) is 0 Å². The first-order chi connectivity index (χ1) is 12.8. The Morgan fingerprint density at radius 2 is 1.78 bits per heavy atom. The highest BCUT2D eigenvalue weighted by Crippen LogP contribution is 2.23. The fourth-order valence-electron chi connectivity index (χ4n) is 2.94. The molecule has 2 aromatic rings. The van der Waals surface area contributed by atoms with Gasteiger partial charge in [0.05, 0.1) is 0 Å². The smallest absolute Gasteiger partial charge is 0.261 e. The lowest BCUT2D eigenvalue weighted by Crippen LogP contribution is -2.48. The van der Waals surface area contributed by atoms with E-state index in [1.54, 1.807) is 18.9 Å². The Balaban J connectivity index is 2.17. The van der Waals surface area contributed by atoms with Gasteiger partial charge < -0.3 is 15.0 Å². The fraction of sp³-hybridized carbons (Fsp3) is 0.364. The van der Waals surface area contributed by atoms with Crippen molar-refractivity contribution in [2.45, 2.75) is 40.3 Å². The van der Waals surface area contributed by atoms with Crippen molar-refractivity contribution < 1.29 is 14.3 Å². The van der Waals surface area contributed by atoms with E-state index in [0.717, 1.165) is 22.3 Å². The lowest BCUT2D eigenvalue weighted by molar-refractivity contribution is -0.142. The van der Waals surface area contributed by atoms with Crippen LogP contribution >= 0.6 is 0 Å². The van der Waals surface area contributed by atoms with E-state index in [1.165, 1.54) is 0 Å². The maximum Gasteiger partial charge on any atom is 0.261 e. The minimum atomic E-state index is -0.591. The van der Waals surface area contributed by atoms with Crippen molar-refractivity contribution in [1.82, 2.24) is 10.2 Å². The van der Waals surface area contributed by atoms with Crippen LogP contribution in [0.25, 0.3) is 0 Å². The Morgan fingerprint density at radius 1 is 1.11 bits per heavy atom. The minimum absolute atomic E-state index is 0.113. The summed E-state index contributed by atoms with van der Waals surface area (Å²) in [5.41, 5.74) is 4.18. The molecule has 1 N–H and O–H groups in total. The Hall–Kier alpha value is -2.82. The summed E-state index contributed by atoms with van der Waals surface area (Å²) in [6, 6.07) is 13.0. The van der Waals surface area contributed by atoms with E-state index in [0.29, 0.717) is 12.3 Å². The second kappa shape index (κ2) is 9.21. The number of rotatable bonds is 7. The van der Waals surface area contributed by atoms with Gasteiger partial charge >= 0.3 is 0 Å². The first-order valence-corrected chi connectivity index (χ1v) is 9.09. The van der Waals surface area contributed by atoms with Gasteiger partial charge in [-0.05, 0) is 56.0 Å². The largest absolute Gasteiger partial charge is 0.483 e. The number of benzene rings is 2. The highest BCUT2D eigenvalue weighted by molar-refractivity contribution is 5.87. The van der Waals surface area contributed by atoms with Crippen LogP contribution in [0.5, 0.6) is 5.75 Å². The molecule has 2 rings (SSSR count). The normalized spacial score (nSPS) is 11.6. The molecule has 5 nitrogen and oxygen atoms in total. The monoisotopic (exact) mass is 368 g/mol. The summed E-state index contributed by atoms with van der Waals surface area (Å²) in [5, 5.41) is 2.61. The van der Waals surface area contributed by atoms with E-state index in [1.807, 2.05) is 57.2 Å². The molecule has 0 unspecified atom stereocenters. The van der Waals surface area contributed by atoms with Crippen molar-refractivity contribution in [3.05, 3.63) is 64.7 Å². The van der Waals surface area contributed by atoms with Crippen molar-refractivity contribution in [3.63, 3.8) is 0 Å². The van der Waals surface area contributed by atoms with E-state index >= 15 is 0 Å². The number of amides is 2. The SMILES string of the molecule is CNC(=O)[C@H](C)N(Cc1ccccc1)C(=O)COc1cc(C)cc(C)c1C. The molecule has 0 aliphatic carbocycles. The third-order valence-electron chi connectivity index (χ3n) is 4.72. The van der Waals surface area contributed by atoms with Crippen molar-refractivity contribution >= 4 is 11.8 Å². The van der Waals surface area contributed by atoms with Gasteiger partial charge in [-0.15, -0.1) is 0 Å². The zero-order chi connectivity index (χ0) is 20.0. The molecule has 0 aromatic heterocycles. The molecular weight excluding hydrogens is 340 g/mol. The average molecular weight is 368 g/mol. The molecule has 0 spiro atoms. The van der Waals surface area contributed by atoms with Gasteiger partial charge in [-0.25, -0.2) is 0 Å². The molecule has 0 radical (unpaired) electrons. The maximum atomic E-state index is 12.9. The number of hydrogen-bond acceptors (Lipinski definition) is 3. The van der Waals surface area contributed by atoms with Crippen LogP contribution in [-0.4, -0.2) is 36.4 Å². The summed E-state index contributed by atoms with van der Waals surface area (Å²) < 4.78 is 5.82. The van der Waals surface area contributed by atoms with Crippen molar-refractivity contribution in [2.75, 3.05) is 13.7 Å².